The van der Waals surface area contributed by atoms with Gasteiger partial charge in [0.05, 0.1) is 25.2 Å². The lowest BCUT2D eigenvalue weighted by atomic mass is 9.91. The van der Waals surface area contributed by atoms with Crippen LogP contribution in [0.4, 0.5) is 4.79 Å². The number of carbonyl (C=O) groups is 2. The Morgan fingerprint density at radius 3 is 2.56 bits per heavy atom. The Morgan fingerprint density at radius 1 is 1.22 bits per heavy atom. The second-order valence-corrected chi connectivity index (χ2v) is 8.60. The van der Waals surface area contributed by atoms with Crippen molar-refractivity contribution in [3.8, 4) is 0 Å². The highest BCUT2D eigenvalue weighted by Gasteiger charge is 2.47. The molecule has 2 aliphatic heterocycles. The first-order valence-electron chi connectivity index (χ1n) is 9.71. The number of carbonyl (C=O) groups excluding carboxylic acids is 2. The maximum atomic E-state index is 12.7. The molecule has 0 bridgehead atoms. The van der Waals surface area contributed by atoms with E-state index in [1.165, 1.54) is 0 Å². The van der Waals surface area contributed by atoms with Crippen LogP contribution in [0.15, 0.2) is 30.3 Å². The van der Waals surface area contributed by atoms with Crippen molar-refractivity contribution in [1.29, 1.82) is 0 Å². The van der Waals surface area contributed by atoms with Crippen LogP contribution in [0.5, 0.6) is 0 Å². The number of nitrogens with zero attached hydrogens (tertiary/aromatic N) is 2. The summed E-state index contributed by atoms with van der Waals surface area (Å²) in [6.45, 7) is 7.29. The van der Waals surface area contributed by atoms with Crippen LogP contribution in [0.2, 0.25) is 0 Å². The van der Waals surface area contributed by atoms with E-state index in [0.29, 0.717) is 24.6 Å². The second kappa shape index (κ2) is 7.98. The normalized spacial score (nSPS) is 25.9. The summed E-state index contributed by atoms with van der Waals surface area (Å²) in [5.41, 5.74) is 0.135. The van der Waals surface area contributed by atoms with Gasteiger partial charge >= 0.3 is 6.09 Å². The molecule has 148 valence electrons. The summed E-state index contributed by atoms with van der Waals surface area (Å²) in [5, 5.41) is 9.77. The molecule has 3 rings (SSSR count). The molecule has 3 atom stereocenters. The topological polar surface area (TPSA) is 70.1 Å². The van der Waals surface area contributed by atoms with Crippen molar-refractivity contribution < 1.29 is 19.4 Å². The van der Waals surface area contributed by atoms with Crippen molar-refractivity contribution >= 4 is 11.9 Å². The van der Waals surface area contributed by atoms with Gasteiger partial charge in [-0.2, -0.15) is 0 Å². The van der Waals surface area contributed by atoms with E-state index in [2.05, 4.69) is 4.90 Å². The van der Waals surface area contributed by atoms with Gasteiger partial charge in [-0.15, -0.1) is 0 Å². The molecule has 0 aliphatic carbocycles. The molecule has 1 amide bonds. The molecule has 0 radical (unpaired) electrons. The molecule has 0 spiro atoms. The van der Waals surface area contributed by atoms with E-state index in [0.717, 1.165) is 19.4 Å². The minimum atomic E-state index is -0.577. The fourth-order valence-electron chi connectivity index (χ4n) is 4.19. The zero-order valence-electron chi connectivity index (χ0n) is 16.4. The molecule has 2 aliphatic rings. The number of amides is 1. The lowest BCUT2D eigenvalue weighted by Gasteiger charge is -2.39. The number of ether oxygens (including phenoxy) is 1. The van der Waals surface area contributed by atoms with Gasteiger partial charge in [0.2, 0.25) is 0 Å². The Bertz CT molecular complexity index is 671. The zero-order valence-corrected chi connectivity index (χ0v) is 16.4. The zero-order chi connectivity index (χ0) is 19.6. The van der Waals surface area contributed by atoms with Gasteiger partial charge in [0, 0.05) is 12.1 Å². The summed E-state index contributed by atoms with van der Waals surface area (Å²) < 4.78 is 5.58. The molecule has 6 heteroatoms. The first-order chi connectivity index (χ1) is 12.8. The molecular weight excluding hydrogens is 344 g/mol. The van der Waals surface area contributed by atoms with Crippen LogP contribution < -0.4 is 0 Å². The van der Waals surface area contributed by atoms with E-state index in [-0.39, 0.29) is 30.6 Å². The second-order valence-electron chi connectivity index (χ2n) is 8.60. The average Bonchev–Trinajstić information content (AvgIpc) is 2.99. The Kier molecular flexibility index (Phi) is 5.86. The SMILES string of the molecule is CC(C)(C)OC(=O)N1C(CO)CC2CCN(CC(=O)c3ccccc3)CC21. The minimum absolute atomic E-state index is 0.0191. The number of likely N-dealkylation sites (tertiary alicyclic amines) is 2. The summed E-state index contributed by atoms with van der Waals surface area (Å²) in [6, 6.07) is 9.07. The van der Waals surface area contributed by atoms with Crippen molar-refractivity contribution in [2.24, 2.45) is 5.92 Å². The first kappa shape index (κ1) is 19.8. The van der Waals surface area contributed by atoms with Gasteiger partial charge in [-0.25, -0.2) is 4.79 Å². The third kappa shape index (κ3) is 4.68. The van der Waals surface area contributed by atoms with Gasteiger partial charge in [0.15, 0.2) is 5.78 Å². The van der Waals surface area contributed by atoms with Crippen LogP contribution in [0.25, 0.3) is 0 Å². The van der Waals surface area contributed by atoms with Crippen LogP contribution in [0, 0.1) is 5.92 Å². The number of fused-ring (bicyclic) bond motifs is 1. The average molecular weight is 374 g/mol. The molecule has 0 saturated carbocycles. The molecule has 6 nitrogen and oxygen atoms in total. The monoisotopic (exact) mass is 374 g/mol. The minimum Gasteiger partial charge on any atom is -0.444 e. The van der Waals surface area contributed by atoms with Gasteiger partial charge in [-0.3, -0.25) is 14.6 Å². The molecule has 0 aromatic heterocycles. The highest BCUT2D eigenvalue weighted by Crippen LogP contribution is 2.36. The van der Waals surface area contributed by atoms with E-state index < -0.39 is 5.60 Å². The fourth-order valence-corrected chi connectivity index (χ4v) is 4.19. The number of aliphatic hydroxyl groups excluding tert-OH is 1. The third-order valence-electron chi connectivity index (χ3n) is 5.41. The summed E-state index contributed by atoms with van der Waals surface area (Å²) in [4.78, 5) is 29.1. The van der Waals surface area contributed by atoms with Gasteiger partial charge in [0.1, 0.15) is 5.60 Å². The van der Waals surface area contributed by atoms with Crippen LogP contribution >= 0.6 is 0 Å². The Labute approximate surface area is 161 Å². The van der Waals surface area contributed by atoms with Crippen LogP contribution in [-0.4, -0.2) is 70.7 Å². The van der Waals surface area contributed by atoms with Crippen LogP contribution in [0.3, 0.4) is 0 Å². The van der Waals surface area contributed by atoms with Crippen molar-refractivity contribution in [3.63, 3.8) is 0 Å². The number of Topliss-reactive ketones (excluding diaryl/α,β-unsaturated/α-hetero) is 1. The molecular formula is C21H30N2O4. The molecule has 1 aromatic carbocycles. The number of rotatable bonds is 4. The Hall–Kier alpha value is -1.92. The standard InChI is InChI=1S/C21H30N2O4/c1-21(2,3)27-20(26)23-17(14-24)11-16-9-10-22(12-18(16)23)13-19(25)15-7-5-4-6-8-15/h4-8,16-18,24H,9-14H2,1-3H3. The van der Waals surface area contributed by atoms with Crippen molar-refractivity contribution in [3.05, 3.63) is 35.9 Å². The van der Waals surface area contributed by atoms with E-state index in [1.54, 1.807) is 4.90 Å². The molecule has 2 fully saturated rings. The molecule has 1 aromatic rings. The first-order valence-corrected chi connectivity index (χ1v) is 9.71. The van der Waals surface area contributed by atoms with Gasteiger partial charge in [0.25, 0.3) is 0 Å². The van der Waals surface area contributed by atoms with Gasteiger partial charge in [-0.1, -0.05) is 30.3 Å². The van der Waals surface area contributed by atoms with Crippen molar-refractivity contribution in [2.45, 2.75) is 51.3 Å². The fraction of sp³-hybridized carbons (Fsp3) is 0.619. The van der Waals surface area contributed by atoms with Crippen molar-refractivity contribution in [1.82, 2.24) is 9.80 Å². The lowest BCUT2D eigenvalue weighted by molar-refractivity contribution is 0.000147. The maximum Gasteiger partial charge on any atom is 0.410 e. The number of aliphatic hydroxyl groups is 1. The predicted octanol–water partition coefficient (Wildman–Crippen LogP) is 2.56. The van der Waals surface area contributed by atoms with Crippen molar-refractivity contribution in [2.75, 3.05) is 26.2 Å². The molecule has 27 heavy (non-hydrogen) atoms. The molecule has 3 unspecified atom stereocenters. The summed E-state index contributed by atoms with van der Waals surface area (Å²) in [5.74, 6) is 0.437. The Balaban J connectivity index is 1.69. The number of piperidine rings is 1. The summed E-state index contributed by atoms with van der Waals surface area (Å²) in [7, 11) is 0. The van der Waals surface area contributed by atoms with E-state index in [9.17, 15) is 14.7 Å². The highest BCUT2D eigenvalue weighted by molar-refractivity contribution is 5.97. The van der Waals surface area contributed by atoms with Gasteiger partial charge < -0.3 is 9.84 Å². The summed E-state index contributed by atoms with van der Waals surface area (Å²) >= 11 is 0. The quantitative estimate of drug-likeness (QED) is 0.820. The van der Waals surface area contributed by atoms with Crippen LogP contribution in [0.1, 0.15) is 44.0 Å². The number of hydrogen-bond donors (Lipinski definition) is 1. The van der Waals surface area contributed by atoms with Crippen LogP contribution in [-0.2, 0) is 4.74 Å². The van der Waals surface area contributed by atoms with E-state index in [4.69, 9.17) is 4.74 Å². The molecule has 2 saturated heterocycles. The highest BCUT2D eigenvalue weighted by atomic mass is 16.6. The number of hydrogen-bond acceptors (Lipinski definition) is 5. The third-order valence-corrected chi connectivity index (χ3v) is 5.41. The smallest absolute Gasteiger partial charge is 0.410 e. The largest absolute Gasteiger partial charge is 0.444 e. The maximum absolute atomic E-state index is 12.7. The number of ketones is 1. The number of benzene rings is 1. The van der Waals surface area contributed by atoms with E-state index in [1.807, 2.05) is 51.1 Å². The summed E-state index contributed by atoms with van der Waals surface area (Å²) in [6.07, 6.45) is 1.34. The van der Waals surface area contributed by atoms with Gasteiger partial charge in [-0.05, 0) is 46.1 Å². The predicted molar refractivity (Wildman–Crippen MR) is 103 cm³/mol. The molecule has 1 N–H and O–H groups in total. The lowest BCUT2D eigenvalue weighted by Crippen LogP contribution is -2.53. The Morgan fingerprint density at radius 2 is 1.93 bits per heavy atom. The molecule has 2 heterocycles. The van der Waals surface area contributed by atoms with E-state index >= 15 is 0 Å².